The van der Waals surface area contributed by atoms with Crippen LogP contribution >= 0.6 is 0 Å². The molecule has 2 rings (SSSR count). The zero-order valence-corrected chi connectivity index (χ0v) is 11.1. The standard InChI is InChI=1S/C13H13F3N2O3/c1-8-3-2-4-9(11(8)19)12-17-10(18-21-12)5-6-20-7-13(14,15)16/h2-4,19H,5-7H2,1H3. The van der Waals surface area contributed by atoms with Gasteiger partial charge in [-0.05, 0) is 18.6 Å². The molecule has 114 valence electrons. The van der Waals surface area contributed by atoms with E-state index in [4.69, 9.17) is 4.52 Å². The van der Waals surface area contributed by atoms with E-state index in [9.17, 15) is 18.3 Å². The third kappa shape index (κ3) is 4.19. The highest BCUT2D eigenvalue weighted by atomic mass is 19.4. The molecule has 1 aromatic heterocycles. The minimum absolute atomic E-state index is 0.0287. The first-order valence-electron chi connectivity index (χ1n) is 6.13. The van der Waals surface area contributed by atoms with Gasteiger partial charge >= 0.3 is 6.18 Å². The Bertz CT molecular complexity index is 611. The van der Waals surface area contributed by atoms with E-state index in [2.05, 4.69) is 14.9 Å². The van der Waals surface area contributed by atoms with Gasteiger partial charge in [0.1, 0.15) is 12.4 Å². The van der Waals surface area contributed by atoms with Gasteiger partial charge in [-0.1, -0.05) is 17.3 Å². The molecule has 0 unspecified atom stereocenters. The fourth-order valence-corrected chi connectivity index (χ4v) is 1.65. The summed E-state index contributed by atoms with van der Waals surface area (Å²) in [6.07, 6.45) is -4.26. The first kappa shape index (κ1) is 15.3. The second kappa shape index (κ2) is 6.13. The summed E-state index contributed by atoms with van der Waals surface area (Å²) in [6, 6.07) is 5.06. The van der Waals surface area contributed by atoms with Crippen molar-refractivity contribution in [2.45, 2.75) is 19.5 Å². The Balaban J connectivity index is 1.97. The summed E-state index contributed by atoms with van der Waals surface area (Å²) in [6.45, 7) is 0.246. The van der Waals surface area contributed by atoms with Gasteiger partial charge in [-0.2, -0.15) is 18.2 Å². The average Bonchev–Trinajstić information content (AvgIpc) is 2.85. The molecule has 0 spiro atoms. The van der Waals surface area contributed by atoms with Gasteiger partial charge in [-0.3, -0.25) is 0 Å². The molecule has 0 aliphatic rings. The van der Waals surface area contributed by atoms with Gasteiger partial charge in [-0.15, -0.1) is 0 Å². The molecule has 0 amide bonds. The van der Waals surface area contributed by atoms with E-state index in [1.54, 1.807) is 25.1 Å². The van der Waals surface area contributed by atoms with E-state index in [1.165, 1.54) is 0 Å². The summed E-state index contributed by atoms with van der Waals surface area (Å²) in [5.41, 5.74) is 1.03. The molecule has 0 aliphatic heterocycles. The number of aromatic nitrogens is 2. The second-order valence-electron chi connectivity index (χ2n) is 4.40. The predicted octanol–water partition coefficient (Wildman–Crippen LogP) is 2.87. The summed E-state index contributed by atoms with van der Waals surface area (Å²) in [4.78, 5) is 4.02. The molecule has 2 aromatic rings. The quantitative estimate of drug-likeness (QED) is 0.860. The van der Waals surface area contributed by atoms with Crippen LogP contribution in [0, 0.1) is 6.92 Å². The van der Waals surface area contributed by atoms with E-state index in [1.807, 2.05) is 0 Å². The molecule has 5 nitrogen and oxygen atoms in total. The van der Waals surface area contributed by atoms with Crippen LogP contribution in [0.15, 0.2) is 22.7 Å². The van der Waals surface area contributed by atoms with Crippen molar-refractivity contribution in [3.05, 3.63) is 29.6 Å². The minimum Gasteiger partial charge on any atom is -0.507 e. The van der Waals surface area contributed by atoms with Crippen molar-refractivity contribution in [1.82, 2.24) is 10.1 Å². The van der Waals surface area contributed by atoms with Gasteiger partial charge in [0, 0.05) is 6.42 Å². The highest BCUT2D eigenvalue weighted by Gasteiger charge is 2.27. The third-order valence-corrected chi connectivity index (χ3v) is 2.67. The summed E-state index contributed by atoms with van der Waals surface area (Å²) in [5, 5.41) is 13.5. The van der Waals surface area contributed by atoms with Crippen molar-refractivity contribution in [2.75, 3.05) is 13.2 Å². The molecule has 1 N–H and O–H groups in total. The maximum Gasteiger partial charge on any atom is 0.411 e. The molecule has 0 atom stereocenters. The Morgan fingerprint density at radius 1 is 1.33 bits per heavy atom. The molecule has 1 heterocycles. The maximum atomic E-state index is 11.9. The average molecular weight is 302 g/mol. The van der Waals surface area contributed by atoms with Crippen molar-refractivity contribution in [1.29, 1.82) is 0 Å². The Kier molecular flexibility index (Phi) is 4.46. The molecule has 1 aromatic carbocycles. The van der Waals surface area contributed by atoms with Gasteiger partial charge in [0.15, 0.2) is 5.82 Å². The van der Waals surface area contributed by atoms with E-state index in [0.717, 1.165) is 0 Å². The SMILES string of the molecule is Cc1cccc(-c2nc(CCOCC(F)(F)F)no2)c1O. The van der Waals surface area contributed by atoms with Crippen LogP contribution in [-0.2, 0) is 11.2 Å². The lowest BCUT2D eigenvalue weighted by Gasteiger charge is -2.05. The number of phenolic OH excluding ortho intramolecular Hbond substituents is 1. The van der Waals surface area contributed by atoms with E-state index >= 15 is 0 Å². The zero-order chi connectivity index (χ0) is 15.5. The molecule has 0 radical (unpaired) electrons. The Morgan fingerprint density at radius 2 is 2.10 bits per heavy atom. The van der Waals surface area contributed by atoms with Crippen LogP contribution in [-0.4, -0.2) is 34.6 Å². The number of aromatic hydroxyl groups is 1. The van der Waals surface area contributed by atoms with Gasteiger partial charge in [0.25, 0.3) is 5.89 Å². The molecule has 0 saturated heterocycles. The van der Waals surface area contributed by atoms with Crippen LogP contribution < -0.4 is 0 Å². The summed E-state index contributed by atoms with van der Waals surface area (Å²) in [7, 11) is 0. The largest absolute Gasteiger partial charge is 0.507 e. The number of hydrogen-bond donors (Lipinski definition) is 1. The van der Waals surface area contributed by atoms with Crippen molar-refractivity contribution in [3.8, 4) is 17.2 Å². The maximum absolute atomic E-state index is 11.9. The minimum atomic E-state index is -4.35. The normalized spacial score (nSPS) is 11.8. The van der Waals surface area contributed by atoms with E-state index in [0.29, 0.717) is 11.1 Å². The monoisotopic (exact) mass is 302 g/mol. The molecule has 0 bridgehead atoms. The Hall–Kier alpha value is -2.09. The van der Waals surface area contributed by atoms with Gasteiger partial charge in [0.05, 0.1) is 12.2 Å². The van der Waals surface area contributed by atoms with Gasteiger partial charge in [0.2, 0.25) is 0 Å². The first-order chi connectivity index (χ1) is 9.87. The van der Waals surface area contributed by atoms with E-state index < -0.39 is 12.8 Å². The lowest BCUT2D eigenvalue weighted by atomic mass is 10.1. The van der Waals surface area contributed by atoms with Crippen LogP contribution in [0.25, 0.3) is 11.5 Å². The molecule has 0 aliphatic carbocycles. The number of ether oxygens (including phenoxy) is 1. The molecule has 21 heavy (non-hydrogen) atoms. The Morgan fingerprint density at radius 3 is 2.81 bits per heavy atom. The first-order valence-corrected chi connectivity index (χ1v) is 6.13. The van der Waals surface area contributed by atoms with Crippen LogP contribution in [0.1, 0.15) is 11.4 Å². The van der Waals surface area contributed by atoms with Gasteiger partial charge in [-0.25, -0.2) is 0 Å². The fourth-order valence-electron chi connectivity index (χ4n) is 1.65. The topological polar surface area (TPSA) is 68.4 Å². The number of alkyl halides is 3. The predicted molar refractivity (Wildman–Crippen MR) is 66.7 cm³/mol. The second-order valence-corrected chi connectivity index (χ2v) is 4.40. The molecule has 8 heteroatoms. The number of nitrogens with zero attached hydrogens (tertiary/aromatic N) is 2. The smallest absolute Gasteiger partial charge is 0.411 e. The lowest BCUT2D eigenvalue weighted by molar-refractivity contribution is -0.173. The highest BCUT2D eigenvalue weighted by Crippen LogP contribution is 2.30. The van der Waals surface area contributed by atoms with Crippen molar-refractivity contribution >= 4 is 0 Å². The zero-order valence-electron chi connectivity index (χ0n) is 11.1. The van der Waals surface area contributed by atoms with Gasteiger partial charge < -0.3 is 14.4 Å². The summed E-state index contributed by atoms with van der Waals surface area (Å²) >= 11 is 0. The van der Waals surface area contributed by atoms with Crippen LogP contribution in [0.2, 0.25) is 0 Å². The fraction of sp³-hybridized carbons (Fsp3) is 0.385. The number of hydrogen-bond acceptors (Lipinski definition) is 5. The number of halogens is 3. The summed E-state index contributed by atoms with van der Waals surface area (Å²) in [5.74, 6) is 0.358. The molecular formula is C13H13F3N2O3. The van der Waals surface area contributed by atoms with Crippen molar-refractivity contribution in [2.24, 2.45) is 0 Å². The molecule has 0 fully saturated rings. The number of rotatable bonds is 5. The lowest BCUT2D eigenvalue weighted by Crippen LogP contribution is -2.18. The van der Waals surface area contributed by atoms with Crippen molar-refractivity contribution in [3.63, 3.8) is 0 Å². The summed E-state index contributed by atoms with van der Waals surface area (Å²) < 4.78 is 45.1. The number of phenols is 1. The third-order valence-electron chi connectivity index (χ3n) is 2.67. The Labute approximate surface area is 118 Å². The van der Waals surface area contributed by atoms with Crippen molar-refractivity contribution < 1.29 is 27.5 Å². The number of benzene rings is 1. The molecular weight excluding hydrogens is 289 g/mol. The number of para-hydroxylation sites is 1. The number of aryl methyl sites for hydroxylation is 1. The van der Waals surface area contributed by atoms with Crippen LogP contribution in [0.5, 0.6) is 5.75 Å². The highest BCUT2D eigenvalue weighted by molar-refractivity contribution is 5.64. The van der Waals surface area contributed by atoms with Crippen LogP contribution in [0.4, 0.5) is 13.2 Å². The molecule has 0 saturated carbocycles. The van der Waals surface area contributed by atoms with Crippen LogP contribution in [0.3, 0.4) is 0 Å². The van der Waals surface area contributed by atoms with E-state index in [-0.39, 0.29) is 30.5 Å².